The molecule has 1 aromatic heterocycles. The number of allylic oxidation sites excluding steroid dienone is 1. The predicted molar refractivity (Wildman–Crippen MR) is 98.9 cm³/mol. The van der Waals surface area contributed by atoms with Crippen LogP contribution in [0.25, 0.3) is 10.1 Å². The number of aryl methyl sites for hydroxylation is 1. The van der Waals surface area contributed by atoms with E-state index in [4.69, 9.17) is 15.2 Å². The molecule has 1 aliphatic rings. The highest BCUT2D eigenvalue weighted by molar-refractivity contribution is 7.19. The van der Waals surface area contributed by atoms with Gasteiger partial charge < -0.3 is 15.2 Å². The van der Waals surface area contributed by atoms with Crippen LogP contribution in [0, 0.1) is 18.3 Å². The Bertz CT molecular complexity index is 1040. The number of nitriles is 1. The summed E-state index contributed by atoms with van der Waals surface area (Å²) in [7, 11) is 1.63. The van der Waals surface area contributed by atoms with Crippen molar-refractivity contribution in [3.63, 3.8) is 0 Å². The molecule has 1 atom stereocenters. The highest BCUT2D eigenvalue weighted by Gasteiger charge is 2.34. The lowest BCUT2D eigenvalue weighted by molar-refractivity contribution is 0.401. The number of rotatable bonds is 2. The molecule has 124 valence electrons. The van der Waals surface area contributed by atoms with Crippen molar-refractivity contribution in [2.45, 2.75) is 12.8 Å². The average Bonchev–Trinajstić information content (AvgIpc) is 3.00. The fourth-order valence-corrected chi connectivity index (χ4v) is 4.56. The lowest BCUT2D eigenvalue weighted by atomic mass is 9.88. The zero-order chi connectivity index (χ0) is 17.6. The maximum Gasteiger partial charge on any atom is 0.205 e. The molecule has 1 aliphatic heterocycles. The Morgan fingerprint density at radius 3 is 2.64 bits per heavy atom. The summed E-state index contributed by atoms with van der Waals surface area (Å²) in [4.78, 5) is 1.01. The van der Waals surface area contributed by atoms with Crippen LogP contribution in [-0.2, 0) is 0 Å². The molecule has 0 saturated carbocycles. The summed E-state index contributed by atoms with van der Waals surface area (Å²) in [5, 5.41) is 10.7. The van der Waals surface area contributed by atoms with Crippen LogP contribution in [0.2, 0.25) is 0 Å². The minimum atomic E-state index is -0.226. The quantitative estimate of drug-likeness (QED) is 0.743. The molecule has 4 nitrogen and oxygen atoms in total. The van der Waals surface area contributed by atoms with Gasteiger partial charge in [0.1, 0.15) is 17.4 Å². The van der Waals surface area contributed by atoms with Crippen LogP contribution in [0.1, 0.15) is 21.9 Å². The molecular weight excluding hydrogens is 332 g/mol. The minimum Gasteiger partial charge on any atom is -0.497 e. The normalized spacial score (nSPS) is 16.3. The summed E-state index contributed by atoms with van der Waals surface area (Å²) in [6.45, 7) is 2.08. The number of benzene rings is 2. The third-order valence-corrected chi connectivity index (χ3v) is 5.88. The highest BCUT2D eigenvalue weighted by Crippen LogP contribution is 2.50. The molecule has 4 rings (SSSR count). The molecule has 2 aromatic carbocycles. The SMILES string of the molecule is COc1ccc(C2C(C#N)=C(N)Oc3c2sc2c(C)cccc32)cc1. The van der Waals surface area contributed by atoms with E-state index in [0.717, 1.165) is 32.0 Å². The molecule has 3 aromatic rings. The van der Waals surface area contributed by atoms with Crippen molar-refractivity contribution in [2.75, 3.05) is 7.11 Å². The van der Waals surface area contributed by atoms with Gasteiger partial charge in [-0.25, -0.2) is 0 Å². The van der Waals surface area contributed by atoms with E-state index in [1.165, 1.54) is 5.56 Å². The first kappa shape index (κ1) is 15.6. The van der Waals surface area contributed by atoms with E-state index in [-0.39, 0.29) is 11.8 Å². The number of hydrogen-bond acceptors (Lipinski definition) is 5. The van der Waals surface area contributed by atoms with Crippen LogP contribution in [0.4, 0.5) is 0 Å². The molecule has 0 amide bonds. The Hall–Kier alpha value is -2.97. The van der Waals surface area contributed by atoms with Crippen molar-refractivity contribution < 1.29 is 9.47 Å². The van der Waals surface area contributed by atoms with Crippen LogP contribution in [0.3, 0.4) is 0 Å². The summed E-state index contributed by atoms with van der Waals surface area (Å²) in [6.07, 6.45) is 0. The first-order chi connectivity index (χ1) is 12.1. The number of fused-ring (bicyclic) bond motifs is 3. The third-order valence-electron chi connectivity index (χ3n) is 4.49. The second-order valence-corrected chi connectivity index (χ2v) is 7.00. The molecule has 1 unspecified atom stereocenters. The molecule has 25 heavy (non-hydrogen) atoms. The van der Waals surface area contributed by atoms with E-state index in [1.807, 2.05) is 36.4 Å². The van der Waals surface area contributed by atoms with Gasteiger partial charge in [0.15, 0.2) is 5.75 Å². The Kier molecular flexibility index (Phi) is 3.63. The summed E-state index contributed by atoms with van der Waals surface area (Å²) >= 11 is 1.66. The van der Waals surface area contributed by atoms with Crippen molar-refractivity contribution in [2.24, 2.45) is 5.73 Å². The van der Waals surface area contributed by atoms with E-state index >= 15 is 0 Å². The molecule has 2 N–H and O–H groups in total. The van der Waals surface area contributed by atoms with Crippen molar-refractivity contribution in [3.8, 4) is 17.6 Å². The Labute approximate surface area is 149 Å². The molecule has 5 heteroatoms. The molecular formula is C20H16N2O2S. The molecule has 0 saturated heterocycles. The summed E-state index contributed by atoms with van der Waals surface area (Å²) < 4.78 is 12.3. The fraction of sp³-hybridized carbons (Fsp3) is 0.150. The largest absolute Gasteiger partial charge is 0.497 e. The van der Waals surface area contributed by atoms with Crippen LogP contribution in [-0.4, -0.2) is 7.11 Å². The lowest BCUT2D eigenvalue weighted by Crippen LogP contribution is -2.19. The van der Waals surface area contributed by atoms with Gasteiger partial charge in [0.2, 0.25) is 5.88 Å². The standard InChI is InChI=1S/C20H16N2O2S/c1-11-4-3-5-14-17-19(25-18(11)14)16(15(10-21)20(22)24-17)12-6-8-13(23-2)9-7-12/h3-9,16H,22H2,1-2H3. The second kappa shape index (κ2) is 5.83. The fourth-order valence-electron chi connectivity index (χ4n) is 3.22. The third kappa shape index (κ3) is 2.34. The molecule has 0 aliphatic carbocycles. The van der Waals surface area contributed by atoms with E-state index in [2.05, 4.69) is 19.1 Å². The van der Waals surface area contributed by atoms with Gasteiger partial charge in [0.25, 0.3) is 0 Å². The van der Waals surface area contributed by atoms with Gasteiger partial charge in [-0.15, -0.1) is 11.3 Å². The van der Waals surface area contributed by atoms with Gasteiger partial charge in [-0.05, 0) is 36.2 Å². The number of nitrogens with zero attached hydrogens (tertiary/aromatic N) is 1. The summed E-state index contributed by atoms with van der Waals surface area (Å²) in [5.41, 5.74) is 8.72. The molecule has 0 bridgehead atoms. The molecule has 2 heterocycles. The maximum atomic E-state index is 9.66. The predicted octanol–water partition coefficient (Wildman–Crippen LogP) is 4.44. The van der Waals surface area contributed by atoms with Crippen molar-refractivity contribution in [1.29, 1.82) is 5.26 Å². The van der Waals surface area contributed by atoms with Crippen LogP contribution in [0.15, 0.2) is 53.9 Å². The highest BCUT2D eigenvalue weighted by atomic mass is 32.1. The van der Waals surface area contributed by atoms with E-state index in [9.17, 15) is 5.26 Å². The Morgan fingerprint density at radius 2 is 1.96 bits per heavy atom. The van der Waals surface area contributed by atoms with Crippen molar-refractivity contribution >= 4 is 21.4 Å². The van der Waals surface area contributed by atoms with Crippen molar-refractivity contribution in [3.05, 3.63) is 69.9 Å². The van der Waals surface area contributed by atoms with Gasteiger partial charge in [-0.2, -0.15) is 5.26 Å². The van der Waals surface area contributed by atoms with Gasteiger partial charge >= 0.3 is 0 Å². The number of ether oxygens (including phenoxy) is 2. The molecule has 0 fully saturated rings. The first-order valence-corrected chi connectivity index (χ1v) is 8.69. The maximum absolute atomic E-state index is 9.66. The van der Waals surface area contributed by atoms with E-state index in [0.29, 0.717) is 5.57 Å². The van der Waals surface area contributed by atoms with Gasteiger partial charge in [-0.3, -0.25) is 0 Å². The lowest BCUT2D eigenvalue weighted by Gasteiger charge is -2.24. The van der Waals surface area contributed by atoms with Crippen LogP contribution in [0.5, 0.6) is 11.5 Å². The number of hydrogen-bond donors (Lipinski definition) is 1. The van der Waals surface area contributed by atoms with Crippen LogP contribution < -0.4 is 15.2 Å². The Balaban J connectivity index is 1.97. The molecule has 0 spiro atoms. The summed E-state index contributed by atoms with van der Waals surface area (Å²) in [5.74, 6) is 1.49. The zero-order valence-electron chi connectivity index (χ0n) is 13.9. The minimum absolute atomic E-state index is 0.178. The van der Waals surface area contributed by atoms with Crippen LogP contribution >= 0.6 is 11.3 Å². The summed E-state index contributed by atoms with van der Waals surface area (Å²) in [6, 6.07) is 16.1. The first-order valence-electron chi connectivity index (χ1n) is 7.87. The van der Waals surface area contributed by atoms with Crippen molar-refractivity contribution in [1.82, 2.24) is 0 Å². The van der Waals surface area contributed by atoms with Gasteiger partial charge in [0, 0.05) is 10.1 Å². The number of thiophene rings is 1. The van der Waals surface area contributed by atoms with E-state index < -0.39 is 0 Å². The monoisotopic (exact) mass is 348 g/mol. The average molecular weight is 348 g/mol. The molecule has 0 radical (unpaired) electrons. The topological polar surface area (TPSA) is 68.3 Å². The van der Waals surface area contributed by atoms with Gasteiger partial charge in [0.05, 0.1) is 17.9 Å². The Morgan fingerprint density at radius 1 is 1.20 bits per heavy atom. The number of nitrogens with two attached hydrogens (primary N) is 1. The zero-order valence-corrected chi connectivity index (χ0v) is 14.7. The van der Waals surface area contributed by atoms with Gasteiger partial charge in [-0.1, -0.05) is 24.3 Å². The number of methoxy groups -OCH3 is 1. The van der Waals surface area contributed by atoms with E-state index in [1.54, 1.807) is 18.4 Å². The smallest absolute Gasteiger partial charge is 0.205 e. The second-order valence-electron chi connectivity index (χ2n) is 5.94.